The molecule has 0 aliphatic carbocycles. The molecule has 1 aliphatic heterocycles. The fourth-order valence-electron chi connectivity index (χ4n) is 1.90. The molecule has 0 bridgehead atoms. The first-order valence-electron chi connectivity index (χ1n) is 5.14. The van der Waals surface area contributed by atoms with Crippen LogP contribution in [0.4, 0.5) is 0 Å². The van der Waals surface area contributed by atoms with Crippen LogP contribution in [-0.4, -0.2) is 48.5 Å². The summed E-state index contributed by atoms with van der Waals surface area (Å²) in [6.45, 7) is 6.13. The van der Waals surface area contributed by atoms with E-state index in [-0.39, 0.29) is 12.1 Å². The Morgan fingerprint density at radius 3 is 2.77 bits per heavy atom. The molecule has 3 unspecified atom stereocenters. The molecule has 0 spiro atoms. The number of rotatable bonds is 4. The summed E-state index contributed by atoms with van der Waals surface area (Å²) < 4.78 is 5.28. The molecule has 3 nitrogen and oxygen atoms in total. The van der Waals surface area contributed by atoms with Gasteiger partial charge in [0, 0.05) is 26.2 Å². The zero-order valence-electron chi connectivity index (χ0n) is 8.86. The van der Waals surface area contributed by atoms with Gasteiger partial charge in [-0.25, -0.2) is 0 Å². The number of aliphatic hydroxyl groups excluding tert-OH is 1. The first-order chi connectivity index (χ1) is 6.19. The number of nitrogens with zero attached hydrogens (tertiary/aromatic N) is 1. The van der Waals surface area contributed by atoms with E-state index >= 15 is 0 Å². The molecule has 0 radical (unpaired) electrons. The van der Waals surface area contributed by atoms with E-state index in [1.54, 1.807) is 7.11 Å². The summed E-state index contributed by atoms with van der Waals surface area (Å²) >= 11 is 0. The standard InChI is InChI=1S/C10H21NO2/c1-4-10(12)8(2)11-6-5-9(7-11)13-3/h8-10,12H,4-7H2,1-3H3. The van der Waals surface area contributed by atoms with Crippen molar-refractivity contribution in [1.82, 2.24) is 4.90 Å². The van der Waals surface area contributed by atoms with Crippen LogP contribution in [0, 0.1) is 0 Å². The van der Waals surface area contributed by atoms with E-state index in [0.717, 1.165) is 25.9 Å². The van der Waals surface area contributed by atoms with Crippen LogP contribution in [0.15, 0.2) is 0 Å². The molecular weight excluding hydrogens is 166 g/mol. The smallest absolute Gasteiger partial charge is 0.0710 e. The summed E-state index contributed by atoms with van der Waals surface area (Å²) in [7, 11) is 1.76. The highest BCUT2D eigenvalue weighted by Gasteiger charge is 2.28. The maximum Gasteiger partial charge on any atom is 0.0710 e. The van der Waals surface area contributed by atoms with Crippen LogP contribution >= 0.6 is 0 Å². The summed E-state index contributed by atoms with van der Waals surface area (Å²) in [5, 5.41) is 9.66. The highest BCUT2D eigenvalue weighted by Crippen LogP contribution is 2.17. The van der Waals surface area contributed by atoms with Gasteiger partial charge in [-0.1, -0.05) is 6.92 Å². The third kappa shape index (κ3) is 2.66. The van der Waals surface area contributed by atoms with Crippen molar-refractivity contribution in [3.8, 4) is 0 Å². The molecule has 0 saturated carbocycles. The summed E-state index contributed by atoms with van der Waals surface area (Å²) in [6.07, 6.45) is 2.09. The number of hydrogen-bond acceptors (Lipinski definition) is 3. The van der Waals surface area contributed by atoms with Crippen molar-refractivity contribution < 1.29 is 9.84 Å². The van der Waals surface area contributed by atoms with Gasteiger partial charge in [0.1, 0.15) is 0 Å². The van der Waals surface area contributed by atoms with Gasteiger partial charge < -0.3 is 9.84 Å². The molecular formula is C10H21NO2. The van der Waals surface area contributed by atoms with Crippen molar-refractivity contribution in [1.29, 1.82) is 0 Å². The van der Waals surface area contributed by atoms with E-state index in [0.29, 0.717) is 6.10 Å². The van der Waals surface area contributed by atoms with Crippen molar-refractivity contribution in [3.63, 3.8) is 0 Å². The van der Waals surface area contributed by atoms with E-state index in [9.17, 15) is 5.11 Å². The second-order valence-electron chi connectivity index (χ2n) is 3.86. The SMILES string of the molecule is CCC(O)C(C)N1CCC(OC)C1. The molecule has 1 fully saturated rings. The number of methoxy groups -OCH3 is 1. The topological polar surface area (TPSA) is 32.7 Å². The Labute approximate surface area is 80.7 Å². The second-order valence-corrected chi connectivity index (χ2v) is 3.86. The van der Waals surface area contributed by atoms with E-state index in [2.05, 4.69) is 11.8 Å². The molecule has 1 rings (SSSR count). The summed E-state index contributed by atoms with van der Waals surface area (Å²) in [5.74, 6) is 0. The minimum atomic E-state index is -0.199. The Morgan fingerprint density at radius 1 is 1.62 bits per heavy atom. The monoisotopic (exact) mass is 187 g/mol. The minimum absolute atomic E-state index is 0.199. The lowest BCUT2D eigenvalue weighted by Crippen LogP contribution is -2.40. The molecule has 3 atom stereocenters. The normalized spacial score (nSPS) is 29.1. The van der Waals surface area contributed by atoms with Crippen molar-refractivity contribution in [3.05, 3.63) is 0 Å². The zero-order valence-corrected chi connectivity index (χ0v) is 8.86. The van der Waals surface area contributed by atoms with Crippen LogP contribution < -0.4 is 0 Å². The molecule has 0 aromatic heterocycles. The summed E-state index contributed by atoms with van der Waals surface area (Å²) in [5.41, 5.74) is 0. The van der Waals surface area contributed by atoms with E-state index in [1.165, 1.54) is 0 Å². The Morgan fingerprint density at radius 2 is 2.31 bits per heavy atom. The van der Waals surface area contributed by atoms with Crippen LogP contribution in [0.1, 0.15) is 26.7 Å². The number of likely N-dealkylation sites (tertiary alicyclic amines) is 1. The Kier molecular flexibility index (Phi) is 4.16. The van der Waals surface area contributed by atoms with Crippen LogP contribution in [0.25, 0.3) is 0 Å². The third-order valence-corrected chi connectivity index (χ3v) is 3.06. The molecule has 3 heteroatoms. The van der Waals surface area contributed by atoms with E-state index in [1.807, 2.05) is 6.92 Å². The molecule has 78 valence electrons. The average Bonchev–Trinajstić information content (AvgIpc) is 2.63. The number of ether oxygens (including phenoxy) is 1. The van der Waals surface area contributed by atoms with Crippen molar-refractivity contribution in [2.24, 2.45) is 0 Å². The average molecular weight is 187 g/mol. The first kappa shape index (κ1) is 11.0. The maximum atomic E-state index is 9.66. The molecule has 0 aromatic rings. The second kappa shape index (κ2) is 4.94. The zero-order chi connectivity index (χ0) is 9.84. The number of hydrogen-bond donors (Lipinski definition) is 1. The van der Waals surface area contributed by atoms with Crippen LogP contribution in [0.2, 0.25) is 0 Å². The van der Waals surface area contributed by atoms with Crippen molar-refractivity contribution >= 4 is 0 Å². The highest BCUT2D eigenvalue weighted by atomic mass is 16.5. The molecule has 1 saturated heterocycles. The molecule has 0 amide bonds. The van der Waals surface area contributed by atoms with E-state index in [4.69, 9.17) is 4.74 Å². The summed E-state index contributed by atoms with van der Waals surface area (Å²) in [4.78, 5) is 2.31. The lowest BCUT2D eigenvalue weighted by Gasteiger charge is -2.27. The third-order valence-electron chi connectivity index (χ3n) is 3.06. The van der Waals surface area contributed by atoms with Gasteiger partial charge in [0.25, 0.3) is 0 Å². The van der Waals surface area contributed by atoms with Gasteiger partial charge >= 0.3 is 0 Å². The Balaban J connectivity index is 2.36. The minimum Gasteiger partial charge on any atom is -0.392 e. The predicted octanol–water partition coefficient (Wildman–Crippen LogP) is 0.866. The van der Waals surface area contributed by atoms with Crippen LogP contribution in [0.5, 0.6) is 0 Å². The van der Waals surface area contributed by atoms with Gasteiger partial charge in [0.05, 0.1) is 12.2 Å². The van der Waals surface area contributed by atoms with Gasteiger partial charge in [-0.15, -0.1) is 0 Å². The Hall–Kier alpha value is -0.120. The van der Waals surface area contributed by atoms with Crippen molar-refractivity contribution in [2.45, 2.75) is 44.9 Å². The van der Waals surface area contributed by atoms with Gasteiger partial charge in [-0.2, -0.15) is 0 Å². The molecule has 0 aromatic carbocycles. The quantitative estimate of drug-likeness (QED) is 0.708. The lowest BCUT2D eigenvalue weighted by molar-refractivity contribution is 0.0526. The lowest BCUT2D eigenvalue weighted by atomic mass is 10.1. The maximum absolute atomic E-state index is 9.66. The van der Waals surface area contributed by atoms with E-state index < -0.39 is 0 Å². The summed E-state index contributed by atoms with van der Waals surface area (Å²) in [6, 6.07) is 0.269. The molecule has 1 aliphatic rings. The molecule has 13 heavy (non-hydrogen) atoms. The van der Waals surface area contributed by atoms with Crippen LogP contribution in [-0.2, 0) is 4.74 Å². The van der Waals surface area contributed by atoms with Gasteiger partial charge in [0.15, 0.2) is 0 Å². The highest BCUT2D eigenvalue weighted by molar-refractivity contribution is 4.82. The first-order valence-corrected chi connectivity index (χ1v) is 5.14. The van der Waals surface area contributed by atoms with Gasteiger partial charge in [0.2, 0.25) is 0 Å². The molecule has 1 heterocycles. The fraction of sp³-hybridized carbons (Fsp3) is 1.00. The molecule has 1 N–H and O–H groups in total. The van der Waals surface area contributed by atoms with Gasteiger partial charge in [-0.3, -0.25) is 4.90 Å². The largest absolute Gasteiger partial charge is 0.392 e. The van der Waals surface area contributed by atoms with Gasteiger partial charge in [-0.05, 0) is 19.8 Å². The van der Waals surface area contributed by atoms with Crippen molar-refractivity contribution in [2.75, 3.05) is 20.2 Å². The predicted molar refractivity (Wildman–Crippen MR) is 52.7 cm³/mol. The van der Waals surface area contributed by atoms with Crippen LogP contribution in [0.3, 0.4) is 0 Å². The Bertz CT molecular complexity index is 152. The number of aliphatic hydroxyl groups is 1. The fourth-order valence-corrected chi connectivity index (χ4v) is 1.90.